The third kappa shape index (κ3) is 3.09. The fourth-order valence-electron chi connectivity index (χ4n) is 3.35. The van der Waals surface area contributed by atoms with Gasteiger partial charge in [-0.05, 0) is 12.8 Å². The number of fused-ring (bicyclic) bond motifs is 1. The molecular formula is C19H19FN6O3. The number of carbonyl (C=O) groups excluding carboxylic acids is 1. The number of rotatable bonds is 5. The second kappa shape index (κ2) is 6.45. The molecule has 2 aliphatic rings. The average Bonchev–Trinajstić information content (AvgIpc) is 3.46. The summed E-state index contributed by atoms with van der Waals surface area (Å²) in [7, 11) is 1.47. The molecule has 1 amide bonds. The zero-order valence-corrected chi connectivity index (χ0v) is 16.0. The molecule has 1 saturated carbocycles. The minimum Gasteiger partial charge on any atom is -0.481 e. The molecule has 0 atom stereocenters. The lowest BCUT2D eigenvalue weighted by atomic mass is 10.0. The summed E-state index contributed by atoms with van der Waals surface area (Å²) in [4.78, 5) is 24.3. The topological polar surface area (TPSA) is 104 Å². The van der Waals surface area contributed by atoms with Gasteiger partial charge in [-0.3, -0.25) is 4.79 Å². The van der Waals surface area contributed by atoms with Crippen molar-refractivity contribution in [2.45, 2.75) is 31.4 Å². The molecule has 9 nitrogen and oxygen atoms in total. The quantitative estimate of drug-likeness (QED) is 0.703. The smallest absolute Gasteiger partial charge is 0.222 e. The summed E-state index contributed by atoms with van der Waals surface area (Å²) >= 11 is 0. The second-order valence-corrected chi connectivity index (χ2v) is 7.39. The van der Waals surface area contributed by atoms with E-state index < -0.39 is 5.67 Å². The number of carbonyl (C=O) groups is 1. The Hall–Kier alpha value is -3.14. The van der Waals surface area contributed by atoms with Crippen molar-refractivity contribution < 1.29 is 18.7 Å². The number of hydrogen-bond acceptors (Lipinski definition) is 7. The van der Waals surface area contributed by atoms with Gasteiger partial charge in [0.25, 0.3) is 0 Å². The maximum Gasteiger partial charge on any atom is 0.222 e. The summed E-state index contributed by atoms with van der Waals surface area (Å²) in [5.74, 6) is 1.17. The number of pyridine rings is 1. The zero-order valence-electron chi connectivity index (χ0n) is 16.0. The molecule has 0 aromatic carbocycles. The molecule has 5 rings (SSSR count). The Morgan fingerprint density at radius 2 is 2.14 bits per heavy atom. The van der Waals surface area contributed by atoms with E-state index in [1.165, 1.54) is 14.0 Å². The molecule has 1 saturated heterocycles. The van der Waals surface area contributed by atoms with Gasteiger partial charge in [-0.15, -0.1) is 0 Å². The van der Waals surface area contributed by atoms with Gasteiger partial charge in [0.15, 0.2) is 11.6 Å². The fraction of sp³-hybridized carbons (Fsp3) is 0.421. The largest absolute Gasteiger partial charge is 0.481 e. The third-order valence-electron chi connectivity index (χ3n) is 5.04. The number of ether oxygens (including phenoxy) is 2. The Labute approximate surface area is 165 Å². The van der Waals surface area contributed by atoms with Crippen molar-refractivity contribution in [3.63, 3.8) is 0 Å². The predicted octanol–water partition coefficient (Wildman–Crippen LogP) is 2.25. The van der Waals surface area contributed by atoms with Crippen molar-refractivity contribution in [2.75, 3.05) is 25.6 Å². The van der Waals surface area contributed by atoms with Crippen molar-refractivity contribution in [1.29, 1.82) is 0 Å². The summed E-state index contributed by atoms with van der Waals surface area (Å²) < 4.78 is 26.8. The minimum absolute atomic E-state index is 0.00543. The Bertz CT molecular complexity index is 1120. The Morgan fingerprint density at radius 1 is 1.34 bits per heavy atom. The van der Waals surface area contributed by atoms with Crippen molar-refractivity contribution in [3.8, 4) is 11.7 Å². The van der Waals surface area contributed by atoms with Gasteiger partial charge in [-0.1, -0.05) is 0 Å². The van der Waals surface area contributed by atoms with Crippen molar-refractivity contribution in [3.05, 3.63) is 29.8 Å². The van der Waals surface area contributed by atoms with Crippen LogP contribution in [0.15, 0.2) is 18.3 Å². The summed E-state index contributed by atoms with van der Waals surface area (Å²) in [6.45, 7) is 1.23. The Morgan fingerprint density at radius 3 is 2.76 bits per heavy atom. The van der Waals surface area contributed by atoms with Crippen LogP contribution < -0.4 is 10.1 Å². The van der Waals surface area contributed by atoms with E-state index >= 15 is 0 Å². The maximum atomic E-state index is 14.9. The minimum atomic E-state index is -1.74. The van der Waals surface area contributed by atoms with E-state index in [1.54, 1.807) is 23.0 Å². The number of anilines is 1. The van der Waals surface area contributed by atoms with Crippen LogP contribution in [0.1, 0.15) is 37.2 Å². The van der Waals surface area contributed by atoms with Crippen LogP contribution >= 0.6 is 0 Å². The van der Waals surface area contributed by atoms with Crippen LogP contribution in [0.2, 0.25) is 0 Å². The van der Waals surface area contributed by atoms with Crippen LogP contribution in [0.25, 0.3) is 16.7 Å². The van der Waals surface area contributed by atoms with Crippen LogP contribution in [0.5, 0.6) is 5.88 Å². The van der Waals surface area contributed by atoms with E-state index in [2.05, 4.69) is 20.3 Å². The number of hydrogen-bond donors (Lipinski definition) is 1. The Balaban J connectivity index is 1.69. The number of methoxy groups -OCH3 is 1. The van der Waals surface area contributed by atoms with Gasteiger partial charge < -0.3 is 14.8 Å². The second-order valence-electron chi connectivity index (χ2n) is 7.39. The average molecular weight is 398 g/mol. The van der Waals surface area contributed by atoms with Crippen LogP contribution in [0, 0.1) is 0 Å². The highest BCUT2D eigenvalue weighted by atomic mass is 19.1. The Kier molecular flexibility index (Phi) is 3.98. The molecule has 3 aromatic rings. The number of nitrogens with one attached hydrogen (secondary N) is 1. The molecule has 10 heteroatoms. The van der Waals surface area contributed by atoms with E-state index in [4.69, 9.17) is 14.6 Å². The zero-order chi connectivity index (χ0) is 20.2. The van der Waals surface area contributed by atoms with Crippen molar-refractivity contribution in [1.82, 2.24) is 24.7 Å². The normalized spacial score (nSPS) is 17.8. The molecule has 0 spiro atoms. The monoisotopic (exact) mass is 398 g/mol. The van der Waals surface area contributed by atoms with Crippen molar-refractivity contribution in [2.24, 2.45) is 0 Å². The SMILES string of the molecule is COc1cc(-n2nc(C3CC3)c3cnc(NC(C)=O)cc32)nc(C2(F)COC2)n1. The van der Waals surface area contributed by atoms with E-state index in [-0.39, 0.29) is 30.8 Å². The first kappa shape index (κ1) is 17.9. The first-order chi connectivity index (χ1) is 14.0. The van der Waals surface area contributed by atoms with Crippen molar-refractivity contribution >= 4 is 22.6 Å². The molecule has 0 bridgehead atoms. The molecule has 150 valence electrons. The fourth-order valence-corrected chi connectivity index (χ4v) is 3.35. The third-order valence-corrected chi connectivity index (χ3v) is 5.04. The van der Waals surface area contributed by atoms with E-state index in [0.29, 0.717) is 17.6 Å². The number of aromatic nitrogens is 5. The highest BCUT2D eigenvalue weighted by Gasteiger charge is 2.44. The van der Waals surface area contributed by atoms with E-state index in [9.17, 15) is 9.18 Å². The molecule has 2 fully saturated rings. The number of nitrogens with zero attached hydrogens (tertiary/aromatic N) is 5. The van der Waals surface area contributed by atoms with Crippen LogP contribution in [0.3, 0.4) is 0 Å². The predicted molar refractivity (Wildman–Crippen MR) is 101 cm³/mol. The molecule has 0 radical (unpaired) electrons. The van der Waals surface area contributed by atoms with Gasteiger partial charge in [-0.25, -0.2) is 19.0 Å². The molecule has 3 aromatic heterocycles. The lowest BCUT2D eigenvalue weighted by Crippen LogP contribution is -2.44. The van der Waals surface area contributed by atoms with Gasteiger partial charge in [-0.2, -0.15) is 10.1 Å². The lowest BCUT2D eigenvalue weighted by molar-refractivity contribution is -0.140. The van der Waals surface area contributed by atoms with Gasteiger partial charge in [0.1, 0.15) is 5.82 Å². The van der Waals surface area contributed by atoms with E-state index in [1.807, 2.05) is 0 Å². The summed E-state index contributed by atoms with van der Waals surface area (Å²) in [6.07, 6.45) is 3.82. The standard InChI is InChI=1S/C19H19FN6O3/c1-10(27)22-14-5-13-12(7-21-14)17(11-3-4-11)25-26(13)15-6-16(28-2)24-18(23-15)19(20)8-29-9-19/h5-7,11H,3-4,8-9H2,1-2H3,(H,21,22,27). The molecule has 1 aliphatic heterocycles. The highest BCUT2D eigenvalue weighted by molar-refractivity contribution is 5.91. The van der Waals surface area contributed by atoms with Gasteiger partial charge in [0.05, 0.1) is 31.5 Å². The molecular weight excluding hydrogens is 379 g/mol. The van der Waals surface area contributed by atoms with Gasteiger partial charge in [0, 0.05) is 36.6 Å². The van der Waals surface area contributed by atoms with Crippen LogP contribution in [0.4, 0.5) is 10.2 Å². The molecule has 29 heavy (non-hydrogen) atoms. The molecule has 1 aliphatic carbocycles. The first-order valence-corrected chi connectivity index (χ1v) is 9.34. The number of alkyl halides is 1. The van der Waals surface area contributed by atoms with E-state index in [0.717, 1.165) is 29.4 Å². The maximum absolute atomic E-state index is 14.9. The summed E-state index contributed by atoms with van der Waals surface area (Å²) in [5.41, 5.74) is -0.105. The molecule has 4 heterocycles. The number of halogens is 1. The van der Waals surface area contributed by atoms with Gasteiger partial charge in [0.2, 0.25) is 17.5 Å². The van der Waals surface area contributed by atoms with Gasteiger partial charge >= 0.3 is 0 Å². The lowest BCUT2D eigenvalue weighted by Gasteiger charge is -2.32. The highest BCUT2D eigenvalue weighted by Crippen LogP contribution is 2.43. The van der Waals surface area contributed by atoms with Crippen LogP contribution in [-0.2, 0) is 15.2 Å². The van der Waals surface area contributed by atoms with Crippen LogP contribution in [-0.4, -0.2) is 51.0 Å². The summed E-state index contributed by atoms with van der Waals surface area (Å²) in [6, 6.07) is 3.34. The first-order valence-electron chi connectivity index (χ1n) is 9.34. The molecule has 0 unspecified atom stereocenters. The summed E-state index contributed by atoms with van der Waals surface area (Å²) in [5, 5.41) is 8.31. The number of amides is 1. The molecule has 1 N–H and O–H groups in total.